The molecule has 0 amide bonds. The topological polar surface area (TPSA) is 0 Å². The fourth-order valence-corrected chi connectivity index (χ4v) is 1.57. The van der Waals surface area contributed by atoms with Crippen LogP contribution in [0.25, 0.3) is 0 Å². The van der Waals surface area contributed by atoms with Gasteiger partial charge in [-0.2, -0.15) is 0 Å². The molecular weight excluding hydrogens is 180 g/mol. The van der Waals surface area contributed by atoms with Crippen LogP contribution in [0.15, 0.2) is 18.2 Å². The zero-order chi connectivity index (χ0) is 11.7. The van der Waals surface area contributed by atoms with Gasteiger partial charge in [0.2, 0.25) is 0 Å². The van der Waals surface area contributed by atoms with E-state index in [1.165, 1.54) is 23.1 Å². The summed E-state index contributed by atoms with van der Waals surface area (Å²) in [4.78, 5) is 0. The summed E-state index contributed by atoms with van der Waals surface area (Å²) in [6, 6.07) is 6.87. The molecule has 0 N–H and O–H groups in total. The summed E-state index contributed by atoms with van der Waals surface area (Å²) in [5, 5.41) is 0. The molecule has 0 atom stereocenters. The van der Waals surface area contributed by atoms with Crippen molar-refractivity contribution in [3.05, 3.63) is 34.9 Å². The lowest BCUT2D eigenvalue weighted by Gasteiger charge is -2.07. The third-order valence-electron chi connectivity index (χ3n) is 2.44. The van der Waals surface area contributed by atoms with Crippen molar-refractivity contribution >= 4 is 0 Å². The van der Waals surface area contributed by atoms with Crippen LogP contribution in [-0.2, 0) is 19.3 Å². The van der Waals surface area contributed by atoms with Gasteiger partial charge in [0.25, 0.3) is 0 Å². The van der Waals surface area contributed by atoms with Crippen LogP contribution in [0.1, 0.15) is 57.7 Å². The highest BCUT2D eigenvalue weighted by molar-refractivity contribution is 5.32. The van der Waals surface area contributed by atoms with Gasteiger partial charge in [0.1, 0.15) is 0 Å². The molecule has 1 aromatic rings. The molecule has 0 unspecified atom stereocenters. The summed E-state index contributed by atoms with van der Waals surface area (Å²) >= 11 is 0. The Morgan fingerprint density at radius 2 is 1.27 bits per heavy atom. The smallest absolute Gasteiger partial charge is 0.0305 e. The molecule has 0 saturated carbocycles. The van der Waals surface area contributed by atoms with Gasteiger partial charge in [-0.1, -0.05) is 59.2 Å². The molecule has 15 heavy (non-hydrogen) atoms. The molecule has 86 valence electrons. The van der Waals surface area contributed by atoms with E-state index in [2.05, 4.69) is 52.8 Å². The fourth-order valence-electron chi connectivity index (χ4n) is 1.57. The van der Waals surface area contributed by atoms with E-state index in [-0.39, 0.29) is 0 Å². The van der Waals surface area contributed by atoms with Gasteiger partial charge in [-0.25, -0.2) is 0 Å². The lowest BCUT2D eigenvalue weighted by atomic mass is 9.99. The van der Waals surface area contributed by atoms with Crippen LogP contribution < -0.4 is 0 Å². The van der Waals surface area contributed by atoms with E-state index in [4.69, 9.17) is 0 Å². The second-order valence-electron chi connectivity index (χ2n) is 3.87. The zero-order valence-corrected chi connectivity index (χ0v) is 11.1. The molecule has 0 saturated heterocycles. The fraction of sp³-hybridized carbons (Fsp3) is 0.600. The number of benzene rings is 1. The lowest BCUT2D eigenvalue weighted by Crippen LogP contribution is -1.92. The van der Waals surface area contributed by atoms with E-state index in [0.717, 1.165) is 19.3 Å². The maximum atomic E-state index is 2.35. The van der Waals surface area contributed by atoms with E-state index in [1.807, 2.05) is 0 Å². The van der Waals surface area contributed by atoms with Gasteiger partial charge < -0.3 is 0 Å². The van der Waals surface area contributed by atoms with Gasteiger partial charge in [-0.05, 0) is 36.0 Å². The van der Waals surface area contributed by atoms with Gasteiger partial charge in [0.05, 0.1) is 0 Å². The summed E-state index contributed by atoms with van der Waals surface area (Å²) in [5.74, 6) is 0. The van der Waals surface area contributed by atoms with Gasteiger partial charge in [-0.3, -0.25) is 0 Å². The van der Waals surface area contributed by atoms with Gasteiger partial charge in [0.15, 0.2) is 0 Å². The maximum absolute atomic E-state index is 2.35. The van der Waals surface area contributed by atoms with E-state index < -0.39 is 0 Å². The molecule has 0 bridgehead atoms. The first kappa shape index (κ1) is 14.2. The largest absolute Gasteiger partial charge is 0.0656 e. The first-order chi connectivity index (χ1) is 7.23. The number of rotatable bonds is 3. The summed E-state index contributed by atoms with van der Waals surface area (Å²) in [5.41, 5.74) is 4.50. The average Bonchev–Trinajstić information content (AvgIpc) is 2.29. The first-order valence-electron chi connectivity index (χ1n) is 6.33. The quantitative estimate of drug-likeness (QED) is 0.667. The minimum absolute atomic E-state index is 1.15. The van der Waals surface area contributed by atoms with Gasteiger partial charge in [0, 0.05) is 0 Å². The standard InChI is InChI=1S/C12H18.C3H8/c1-4-10-7-8-11(5-2)12(6-3)9-10;1-3-2/h7-9H,4-6H2,1-3H3;3H2,1-2H3. The Morgan fingerprint density at radius 1 is 0.733 bits per heavy atom. The maximum Gasteiger partial charge on any atom is -0.0305 e. The molecule has 0 aliphatic heterocycles. The Bertz CT molecular complexity index is 261. The summed E-state index contributed by atoms with van der Waals surface area (Å²) in [7, 11) is 0. The molecule has 0 heteroatoms. The van der Waals surface area contributed by atoms with Crippen molar-refractivity contribution in [3.8, 4) is 0 Å². The zero-order valence-electron chi connectivity index (χ0n) is 11.1. The van der Waals surface area contributed by atoms with Crippen molar-refractivity contribution in [2.75, 3.05) is 0 Å². The van der Waals surface area contributed by atoms with E-state index >= 15 is 0 Å². The third-order valence-corrected chi connectivity index (χ3v) is 2.44. The summed E-state index contributed by atoms with van der Waals surface area (Å²) in [6.07, 6.45) is 4.72. The van der Waals surface area contributed by atoms with Crippen LogP contribution in [0, 0.1) is 0 Å². The predicted molar refractivity (Wildman–Crippen MR) is 70.5 cm³/mol. The normalized spacial score (nSPS) is 9.40. The van der Waals surface area contributed by atoms with Crippen molar-refractivity contribution in [1.82, 2.24) is 0 Å². The third kappa shape index (κ3) is 5.01. The van der Waals surface area contributed by atoms with Crippen LogP contribution in [0.3, 0.4) is 0 Å². The van der Waals surface area contributed by atoms with Crippen molar-refractivity contribution in [1.29, 1.82) is 0 Å². The van der Waals surface area contributed by atoms with Crippen molar-refractivity contribution < 1.29 is 0 Å². The van der Waals surface area contributed by atoms with E-state index in [9.17, 15) is 0 Å². The van der Waals surface area contributed by atoms with Crippen molar-refractivity contribution in [2.45, 2.75) is 60.3 Å². The molecule has 0 aliphatic carbocycles. The van der Waals surface area contributed by atoms with Gasteiger partial charge in [-0.15, -0.1) is 0 Å². The van der Waals surface area contributed by atoms with Crippen LogP contribution in [-0.4, -0.2) is 0 Å². The predicted octanol–water partition coefficient (Wildman–Crippen LogP) is 4.79. The molecule has 0 aliphatic rings. The second-order valence-corrected chi connectivity index (χ2v) is 3.87. The van der Waals surface area contributed by atoms with Crippen molar-refractivity contribution in [2.24, 2.45) is 0 Å². The SMILES string of the molecule is CCC.CCc1ccc(CC)c(CC)c1. The van der Waals surface area contributed by atoms with Crippen LogP contribution in [0.2, 0.25) is 0 Å². The molecule has 1 aromatic carbocycles. The minimum atomic E-state index is 1.15. The molecule has 0 fully saturated rings. The number of hydrogen-bond donors (Lipinski definition) is 0. The summed E-state index contributed by atoms with van der Waals surface area (Å²) in [6.45, 7) is 10.9. The highest BCUT2D eigenvalue weighted by Gasteiger charge is 1.98. The molecule has 0 radical (unpaired) electrons. The van der Waals surface area contributed by atoms with Gasteiger partial charge >= 0.3 is 0 Å². The minimum Gasteiger partial charge on any atom is -0.0656 e. The molecule has 0 heterocycles. The Kier molecular flexibility index (Phi) is 8.08. The lowest BCUT2D eigenvalue weighted by molar-refractivity contribution is 1.02. The number of aryl methyl sites for hydroxylation is 3. The summed E-state index contributed by atoms with van der Waals surface area (Å²) < 4.78 is 0. The first-order valence-corrected chi connectivity index (χ1v) is 6.33. The van der Waals surface area contributed by atoms with E-state index in [0.29, 0.717) is 0 Å². The van der Waals surface area contributed by atoms with Crippen LogP contribution in [0.4, 0.5) is 0 Å². The Balaban J connectivity index is 0.000000583. The molecule has 1 rings (SSSR count). The Morgan fingerprint density at radius 3 is 1.67 bits per heavy atom. The molecule has 0 spiro atoms. The molecular formula is C15H26. The Hall–Kier alpha value is -0.780. The highest BCUT2D eigenvalue weighted by atomic mass is 14.0. The van der Waals surface area contributed by atoms with Crippen LogP contribution in [0.5, 0.6) is 0 Å². The number of hydrogen-bond acceptors (Lipinski definition) is 0. The average molecular weight is 206 g/mol. The van der Waals surface area contributed by atoms with Crippen LogP contribution >= 0.6 is 0 Å². The van der Waals surface area contributed by atoms with E-state index in [1.54, 1.807) is 0 Å². The highest BCUT2D eigenvalue weighted by Crippen LogP contribution is 2.13. The monoisotopic (exact) mass is 206 g/mol. The second kappa shape index (κ2) is 8.52. The molecule has 0 nitrogen and oxygen atoms in total. The Labute approximate surface area is 95.7 Å². The van der Waals surface area contributed by atoms with Crippen molar-refractivity contribution in [3.63, 3.8) is 0 Å². The molecule has 0 aromatic heterocycles.